The molecule has 0 radical (unpaired) electrons. The number of nitrogens with one attached hydrogen (secondary N) is 1. The highest BCUT2D eigenvalue weighted by Crippen LogP contribution is 2.35. The number of pyridine rings is 1. The van der Waals surface area contributed by atoms with E-state index in [1.807, 2.05) is 28.1 Å². The molecule has 3 aromatic rings. The summed E-state index contributed by atoms with van der Waals surface area (Å²) in [5.74, 6) is 0.389. The number of urea groups is 1. The van der Waals surface area contributed by atoms with Crippen molar-refractivity contribution in [2.75, 3.05) is 13.1 Å². The number of rotatable bonds is 5. The molecule has 0 saturated heterocycles. The molecule has 3 heterocycles. The highest BCUT2D eigenvalue weighted by Gasteiger charge is 2.29. The molecule has 7 nitrogen and oxygen atoms in total. The van der Waals surface area contributed by atoms with Crippen molar-refractivity contribution in [2.24, 2.45) is 11.7 Å². The van der Waals surface area contributed by atoms with Crippen LogP contribution in [-0.2, 0) is 24.3 Å². The Morgan fingerprint density at radius 1 is 1.19 bits per heavy atom. The van der Waals surface area contributed by atoms with E-state index in [2.05, 4.69) is 17.4 Å². The van der Waals surface area contributed by atoms with Gasteiger partial charge in [-0.05, 0) is 47.2 Å². The van der Waals surface area contributed by atoms with Gasteiger partial charge in [-0.15, -0.1) is 11.3 Å². The molecule has 1 aliphatic carbocycles. The molecular weight excluding hydrogens is 412 g/mol. The molecule has 31 heavy (non-hydrogen) atoms. The molecule has 5 rings (SSSR count). The molecule has 1 aromatic carbocycles. The first-order valence-corrected chi connectivity index (χ1v) is 11.4. The average Bonchev–Trinajstić information content (AvgIpc) is 3.45. The SMILES string of the molecule is NC(=O)NCC(=O)N1CCc2c(cc(-c3cccc4ccsc34)c(=O)n2CC2CC2)C1. The summed E-state index contributed by atoms with van der Waals surface area (Å²) in [7, 11) is 0. The van der Waals surface area contributed by atoms with Gasteiger partial charge in [-0.3, -0.25) is 9.59 Å². The normalized spacial score (nSPS) is 15.7. The number of benzene rings is 1. The molecular formula is C23H24N4O3S. The van der Waals surface area contributed by atoms with Crippen molar-refractivity contribution in [3.05, 3.63) is 57.3 Å². The van der Waals surface area contributed by atoms with Gasteiger partial charge in [0.1, 0.15) is 0 Å². The van der Waals surface area contributed by atoms with Gasteiger partial charge < -0.3 is 20.5 Å². The van der Waals surface area contributed by atoms with Gasteiger partial charge in [-0.25, -0.2) is 4.79 Å². The van der Waals surface area contributed by atoms with Gasteiger partial charge >= 0.3 is 6.03 Å². The Morgan fingerprint density at radius 2 is 2.03 bits per heavy atom. The zero-order chi connectivity index (χ0) is 21.5. The fraction of sp³-hybridized carbons (Fsp3) is 0.348. The largest absolute Gasteiger partial charge is 0.352 e. The van der Waals surface area contributed by atoms with Gasteiger partial charge in [0.05, 0.1) is 6.54 Å². The number of carbonyl (C=O) groups excluding carboxylic acids is 2. The van der Waals surface area contributed by atoms with Crippen LogP contribution in [-0.4, -0.2) is 34.5 Å². The van der Waals surface area contributed by atoms with Crippen molar-refractivity contribution < 1.29 is 9.59 Å². The molecule has 0 unspecified atom stereocenters. The van der Waals surface area contributed by atoms with Crippen LogP contribution in [0.3, 0.4) is 0 Å². The van der Waals surface area contributed by atoms with Gasteiger partial charge in [0.15, 0.2) is 0 Å². The number of primary amides is 1. The van der Waals surface area contributed by atoms with Crippen LogP contribution in [0.1, 0.15) is 24.1 Å². The number of amides is 3. The minimum Gasteiger partial charge on any atom is -0.352 e. The summed E-state index contributed by atoms with van der Waals surface area (Å²) in [6.07, 6.45) is 2.95. The van der Waals surface area contributed by atoms with Crippen LogP contribution in [0.15, 0.2) is 40.5 Å². The van der Waals surface area contributed by atoms with Crippen molar-refractivity contribution in [2.45, 2.75) is 32.4 Å². The van der Waals surface area contributed by atoms with E-state index >= 15 is 0 Å². The van der Waals surface area contributed by atoms with Crippen molar-refractivity contribution in [3.63, 3.8) is 0 Å². The van der Waals surface area contributed by atoms with E-state index in [1.54, 1.807) is 16.2 Å². The molecule has 3 N–H and O–H groups in total. The van der Waals surface area contributed by atoms with Crippen LogP contribution in [0.2, 0.25) is 0 Å². The third kappa shape index (κ3) is 3.83. The molecule has 1 aliphatic heterocycles. The molecule has 2 aliphatic rings. The molecule has 2 aromatic heterocycles. The smallest absolute Gasteiger partial charge is 0.312 e. The summed E-state index contributed by atoms with van der Waals surface area (Å²) in [5, 5.41) is 5.54. The van der Waals surface area contributed by atoms with Crippen LogP contribution < -0.4 is 16.6 Å². The Kier molecular flexibility index (Phi) is 5.02. The van der Waals surface area contributed by atoms with Crippen LogP contribution in [0.4, 0.5) is 4.79 Å². The van der Waals surface area contributed by atoms with Crippen LogP contribution in [0.25, 0.3) is 21.2 Å². The predicted molar refractivity (Wildman–Crippen MR) is 121 cm³/mol. The summed E-state index contributed by atoms with van der Waals surface area (Å²) in [6, 6.07) is 9.37. The molecule has 0 spiro atoms. The number of carbonyl (C=O) groups is 2. The molecule has 1 fully saturated rings. The molecule has 1 saturated carbocycles. The van der Waals surface area contributed by atoms with Gasteiger partial charge in [0.2, 0.25) is 5.91 Å². The quantitative estimate of drug-likeness (QED) is 0.643. The van der Waals surface area contributed by atoms with E-state index in [4.69, 9.17) is 5.73 Å². The fourth-order valence-electron chi connectivity index (χ4n) is 4.36. The second-order valence-electron chi connectivity index (χ2n) is 8.32. The summed E-state index contributed by atoms with van der Waals surface area (Å²) >= 11 is 1.64. The van der Waals surface area contributed by atoms with E-state index < -0.39 is 6.03 Å². The third-order valence-corrected chi connectivity index (χ3v) is 7.11. The standard InChI is InChI=1S/C23H24N4O3S/c24-23(30)25-11-20(28)26-8-6-19-16(13-26)10-18(22(29)27(19)12-14-4-5-14)17-3-1-2-15-7-9-31-21(15)17/h1-3,7,9-10,14H,4-6,8,11-13H2,(H3,24,25,30). The zero-order valence-corrected chi connectivity index (χ0v) is 17.9. The number of aromatic nitrogens is 1. The highest BCUT2D eigenvalue weighted by molar-refractivity contribution is 7.17. The topological polar surface area (TPSA) is 97.4 Å². The lowest BCUT2D eigenvalue weighted by molar-refractivity contribution is -0.131. The van der Waals surface area contributed by atoms with Crippen LogP contribution in [0, 0.1) is 5.92 Å². The van der Waals surface area contributed by atoms with E-state index in [0.29, 0.717) is 31.0 Å². The zero-order valence-electron chi connectivity index (χ0n) is 17.1. The average molecular weight is 437 g/mol. The maximum absolute atomic E-state index is 13.6. The van der Waals surface area contributed by atoms with Crippen molar-refractivity contribution in [1.82, 2.24) is 14.8 Å². The van der Waals surface area contributed by atoms with Crippen molar-refractivity contribution in [1.29, 1.82) is 0 Å². The van der Waals surface area contributed by atoms with E-state index in [1.165, 1.54) is 0 Å². The Balaban J connectivity index is 1.57. The first-order valence-electron chi connectivity index (χ1n) is 10.5. The molecule has 8 heteroatoms. The minimum absolute atomic E-state index is 0.0571. The first-order chi connectivity index (χ1) is 15.0. The molecule has 3 amide bonds. The molecule has 0 bridgehead atoms. The first kappa shape index (κ1) is 19.8. The summed E-state index contributed by atoms with van der Waals surface area (Å²) < 4.78 is 3.06. The number of hydrogen-bond acceptors (Lipinski definition) is 4. The predicted octanol–water partition coefficient (Wildman–Crippen LogP) is 2.69. The van der Waals surface area contributed by atoms with E-state index in [-0.39, 0.29) is 18.0 Å². The lowest BCUT2D eigenvalue weighted by Crippen LogP contribution is -2.45. The van der Waals surface area contributed by atoms with E-state index in [0.717, 1.165) is 46.3 Å². The molecule has 0 atom stereocenters. The van der Waals surface area contributed by atoms with Crippen LogP contribution >= 0.6 is 11.3 Å². The maximum atomic E-state index is 13.6. The number of thiophene rings is 1. The van der Waals surface area contributed by atoms with Crippen molar-refractivity contribution >= 4 is 33.4 Å². The minimum atomic E-state index is -0.713. The lowest BCUT2D eigenvalue weighted by atomic mass is 9.98. The van der Waals surface area contributed by atoms with Gasteiger partial charge in [0.25, 0.3) is 5.56 Å². The number of nitrogens with two attached hydrogens (primary N) is 1. The summed E-state index contributed by atoms with van der Waals surface area (Å²) in [5.41, 5.74) is 8.83. The van der Waals surface area contributed by atoms with Crippen molar-refractivity contribution in [3.8, 4) is 11.1 Å². The second-order valence-corrected chi connectivity index (χ2v) is 9.23. The Hall–Kier alpha value is -3.13. The Labute approximate surface area is 183 Å². The van der Waals surface area contributed by atoms with Crippen LogP contribution in [0.5, 0.6) is 0 Å². The Morgan fingerprint density at radius 3 is 2.81 bits per heavy atom. The Bertz CT molecular complexity index is 1240. The molecule has 160 valence electrons. The summed E-state index contributed by atoms with van der Waals surface area (Å²) in [6.45, 7) is 1.57. The fourth-order valence-corrected chi connectivity index (χ4v) is 5.28. The third-order valence-electron chi connectivity index (χ3n) is 6.14. The highest BCUT2D eigenvalue weighted by atomic mass is 32.1. The number of nitrogens with zero attached hydrogens (tertiary/aromatic N) is 2. The lowest BCUT2D eigenvalue weighted by Gasteiger charge is -2.31. The second kappa shape index (κ2) is 7.85. The van der Waals surface area contributed by atoms with Gasteiger partial charge in [0, 0.05) is 47.6 Å². The number of hydrogen-bond donors (Lipinski definition) is 2. The van der Waals surface area contributed by atoms with E-state index in [9.17, 15) is 14.4 Å². The number of fused-ring (bicyclic) bond motifs is 2. The van der Waals surface area contributed by atoms with Gasteiger partial charge in [-0.2, -0.15) is 0 Å². The monoisotopic (exact) mass is 436 g/mol. The van der Waals surface area contributed by atoms with Gasteiger partial charge in [-0.1, -0.05) is 18.2 Å². The maximum Gasteiger partial charge on any atom is 0.312 e. The summed E-state index contributed by atoms with van der Waals surface area (Å²) in [4.78, 5) is 38.8.